The molecule has 8 unspecified atom stereocenters. The zero-order valence-corrected chi connectivity index (χ0v) is 52.3. The molecule has 502 valence electrons. The third-order valence-electron chi connectivity index (χ3n) is 16.5. The van der Waals surface area contributed by atoms with E-state index in [9.17, 15) is 84.4 Å². The molecular weight excluding hydrogens is 1180 g/mol. The van der Waals surface area contributed by atoms with Crippen LogP contribution < -0.4 is 0 Å². The van der Waals surface area contributed by atoms with Crippen molar-refractivity contribution in [2.45, 2.75) is 210 Å². The van der Waals surface area contributed by atoms with Crippen molar-refractivity contribution in [2.24, 2.45) is 29.6 Å². The summed E-state index contributed by atoms with van der Waals surface area (Å²) < 4.78 is 83.1. The number of carbonyl (C=O) groups excluding carboxylic acids is 3. The number of phosphoric ester groups is 2. The first-order chi connectivity index (χ1) is 40.5. The van der Waals surface area contributed by atoms with Crippen molar-refractivity contribution in [1.29, 1.82) is 0 Å². The summed E-state index contributed by atoms with van der Waals surface area (Å²) in [5.74, 6) is -2.79. The van der Waals surface area contributed by atoms with Gasteiger partial charge in [-0.1, -0.05) is 41.5 Å². The molecule has 0 aromatic heterocycles. The fourth-order valence-electron chi connectivity index (χ4n) is 11.6. The molecule has 1 aliphatic carbocycles. The van der Waals surface area contributed by atoms with Gasteiger partial charge in [-0.05, 0) is 50.9 Å². The first-order valence-electron chi connectivity index (χ1n) is 30.0. The van der Waals surface area contributed by atoms with E-state index < -0.39 is 182 Å². The molecule has 0 radical (unpaired) electrons. The Hall–Kier alpha value is -2.01. The summed E-state index contributed by atoms with van der Waals surface area (Å²) in [7, 11) is -8.52. The number of hydrogen-bond donors (Lipinski definition) is 12. The molecule has 0 spiro atoms. The SMILES string of the molecule is CC(C)C.COC[C@@H]1C[C@@H](OP(=O)(O)OC[C@@H]2C[C@@H](OP(=O)(O)OC[C@@H]3C[C@@H](O)CN3C(=O)CCCO[C@@H]3CC(CO)[C@H](O)[C@H](O)C3C)CN2C(=O)CCCO[C@@H]2OC(CO)[C@H](O)[C@H](O)C2C)CN1C(=O)CCCO[C@@H]1OC(CO)[C@H](O)[C@H](O)C1C. The zero-order valence-electron chi connectivity index (χ0n) is 50.5. The third kappa shape index (κ3) is 21.5. The maximum absolute atomic E-state index is 13.9. The number of hydrogen-bond acceptors (Lipinski definition) is 25. The molecule has 5 aliphatic heterocycles. The van der Waals surface area contributed by atoms with Gasteiger partial charge in [0, 0.05) is 82.9 Å². The molecule has 23 atom stereocenters. The van der Waals surface area contributed by atoms with Crippen LogP contribution in [0.1, 0.15) is 106 Å². The first-order valence-corrected chi connectivity index (χ1v) is 33.0. The highest BCUT2D eigenvalue weighted by atomic mass is 31.2. The van der Waals surface area contributed by atoms with Crippen LogP contribution in [0.5, 0.6) is 0 Å². The number of nitrogens with zero attached hydrogens (tertiary/aromatic N) is 3. The molecule has 6 aliphatic rings. The van der Waals surface area contributed by atoms with Crippen molar-refractivity contribution in [1.82, 2.24) is 14.7 Å². The Labute approximate surface area is 503 Å². The van der Waals surface area contributed by atoms with Gasteiger partial charge in [-0.3, -0.25) is 32.5 Å². The zero-order chi connectivity index (χ0) is 63.8. The Bertz CT molecular complexity index is 2150. The number of rotatable bonds is 30. The van der Waals surface area contributed by atoms with Crippen molar-refractivity contribution < 1.29 is 131 Å². The van der Waals surface area contributed by atoms with Gasteiger partial charge in [0.15, 0.2) is 12.6 Å². The lowest BCUT2D eigenvalue weighted by atomic mass is 9.77. The average molecular weight is 1280 g/mol. The Morgan fingerprint density at radius 2 is 0.907 bits per heavy atom. The summed E-state index contributed by atoms with van der Waals surface area (Å²) in [6.45, 7) is 8.37. The lowest BCUT2D eigenvalue weighted by Gasteiger charge is -2.40. The lowest BCUT2D eigenvalue weighted by molar-refractivity contribution is -0.282. The molecule has 0 aromatic carbocycles. The number of amides is 3. The Kier molecular flexibility index (Phi) is 30.5. The minimum absolute atomic E-state index is 0.0147. The van der Waals surface area contributed by atoms with E-state index in [1.165, 1.54) is 21.8 Å². The molecule has 6 rings (SSSR count). The average Bonchev–Trinajstić information content (AvgIpc) is 3.35. The van der Waals surface area contributed by atoms with Crippen molar-refractivity contribution in [3.63, 3.8) is 0 Å². The van der Waals surface area contributed by atoms with Crippen molar-refractivity contribution in [3.05, 3.63) is 0 Å². The quantitative estimate of drug-likeness (QED) is 0.0295. The number of β-amino-alcohol motifs (C(OH)–C–C–N with tert-alkyl or cyclic N) is 1. The van der Waals surface area contributed by atoms with Gasteiger partial charge in [0.25, 0.3) is 0 Å². The Morgan fingerprint density at radius 1 is 0.523 bits per heavy atom. The van der Waals surface area contributed by atoms with Gasteiger partial charge in [-0.2, -0.15) is 0 Å². The van der Waals surface area contributed by atoms with E-state index in [1.807, 2.05) is 0 Å². The predicted octanol–water partition coefficient (Wildman–Crippen LogP) is -1.26. The van der Waals surface area contributed by atoms with E-state index in [2.05, 4.69) is 20.8 Å². The second kappa shape index (κ2) is 35.1. The summed E-state index contributed by atoms with van der Waals surface area (Å²) in [6, 6.07) is -2.44. The summed E-state index contributed by atoms with van der Waals surface area (Å²) in [6.07, 6.45) is -14.7. The molecular formula is C54H99N3O27P2. The van der Waals surface area contributed by atoms with Crippen LogP contribution in [0.4, 0.5) is 0 Å². The van der Waals surface area contributed by atoms with Crippen LogP contribution in [0.15, 0.2) is 0 Å². The van der Waals surface area contributed by atoms with E-state index in [1.54, 1.807) is 20.8 Å². The van der Waals surface area contributed by atoms with Gasteiger partial charge in [0.1, 0.15) is 24.4 Å². The number of carbonyl (C=O) groups is 3. The van der Waals surface area contributed by atoms with Crippen molar-refractivity contribution in [2.75, 3.05) is 86.2 Å². The van der Waals surface area contributed by atoms with Gasteiger partial charge in [-0.15, -0.1) is 0 Å². The van der Waals surface area contributed by atoms with Crippen LogP contribution in [0, 0.1) is 29.6 Å². The fraction of sp³-hybridized carbons (Fsp3) is 0.944. The van der Waals surface area contributed by atoms with E-state index in [-0.39, 0.29) is 116 Å². The number of ether oxygens (including phenoxy) is 6. The molecule has 86 heavy (non-hydrogen) atoms. The van der Waals surface area contributed by atoms with E-state index in [4.69, 9.17) is 46.5 Å². The topological polar surface area (TPSA) is 430 Å². The minimum atomic E-state index is -4.98. The third-order valence-corrected chi connectivity index (χ3v) is 18.6. The second-order valence-electron chi connectivity index (χ2n) is 24.2. The second-order valence-corrected chi connectivity index (χ2v) is 27.1. The highest BCUT2D eigenvalue weighted by Crippen LogP contribution is 2.50. The molecule has 1 saturated carbocycles. The summed E-state index contributed by atoms with van der Waals surface area (Å²) in [5, 5.41) is 101. The van der Waals surface area contributed by atoms with Gasteiger partial charge >= 0.3 is 15.6 Å². The molecule has 6 fully saturated rings. The Balaban J connectivity index is 0.00000327. The smallest absolute Gasteiger partial charge is 0.396 e. The van der Waals surface area contributed by atoms with Crippen molar-refractivity contribution >= 4 is 33.4 Å². The monoisotopic (exact) mass is 1280 g/mol. The highest BCUT2D eigenvalue weighted by Gasteiger charge is 2.47. The van der Waals surface area contributed by atoms with E-state index >= 15 is 0 Å². The molecule has 0 bridgehead atoms. The van der Waals surface area contributed by atoms with Crippen LogP contribution in [-0.4, -0.2) is 283 Å². The molecule has 5 heterocycles. The number of phosphoric acid groups is 2. The fourth-order valence-corrected chi connectivity index (χ4v) is 13.5. The maximum Gasteiger partial charge on any atom is 0.472 e. The molecule has 32 heteroatoms. The van der Waals surface area contributed by atoms with Crippen LogP contribution in [0.25, 0.3) is 0 Å². The largest absolute Gasteiger partial charge is 0.472 e. The van der Waals surface area contributed by atoms with Crippen molar-refractivity contribution in [3.8, 4) is 0 Å². The molecule has 0 aromatic rings. The summed E-state index contributed by atoms with van der Waals surface area (Å²) >= 11 is 0. The highest BCUT2D eigenvalue weighted by molar-refractivity contribution is 7.47. The van der Waals surface area contributed by atoms with Crippen LogP contribution in [0.2, 0.25) is 0 Å². The van der Waals surface area contributed by atoms with Crippen LogP contribution >= 0.6 is 15.6 Å². The number of aliphatic hydroxyl groups is 10. The van der Waals surface area contributed by atoms with Crippen LogP contribution in [0.3, 0.4) is 0 Å². The predicted molar refractivity (Wildman–Crippen MR) is 300 cm³/mol. The van der Waals surface area contributed by atoms with Gasteiger partial charge < -0.3 is 104 Å². The number of aliphatic hydroxyl groups excluding tert-OH is 10. The summed E-state index contributed by atoms with van der Waals surface area (Å²) in [5.41, 5.74) is 0. The number of likely N-dealkylation sites (tertiary alicyclic amines) is 3. The lowest BCUT2D eigenvalue weighted by Crippen LogP contribution is -2.55. The summed E-state index contributed by atoms with van der Waals surface area (Å²) in [4.78, 5) is 66.8. The first kappa shape index (κ1) is 74.7. The molecule has 30 nitrogen and oxygen atoms in total. The van der Waals surface area contributed by atoms with E-state index in [0.717, 1.165) is 5.92 Å². The molecule has 3 amide bonds. The van der Waals surface area contributed by atoms with Gasteiger partial charge in [0.05, 0.1) is 113 Å². The van der Waals surface area contributed by atoms with Crippen LogP contribution in [-0.2, 0) is 70.0 Å². The Morgan fingerprint density at radius 3 is 1.31 bits per heavy atom. The van der Waals surface area contributed by atoms with E-state index in [0.29, 0.717) is 6.42 Å². The van der Waals surface area contributed by atoms with Gasteiger partial charge in [-0.25, -0.2) is 9.13 Å². The number of methoxy groups -OCH3 is 1. The van der Waals surface area contributed by atoms with Gasteiger partial charge in [0.2, 0.25) is 17.7 Å². The molecule has 12 N–H and O–H groups in total. The molecule has 5 saturated heterocycles. The standard InChI is InChI=1S/C50H89N3O27P2.C4H10/c1-27-37(14-30(21-54)46(64)43(27)61)72-11-5-8-40(58)51-18-34(57)15-31(51)25-75-81(67,68)80-36-17-33(53(20-36)42(60)10-7-13-74-50-29(3)45(63)48(66)39(23-56)78-50)26-76-82(69,70)79-35-16-32(24-71-4)52(19-35)41(59)9-6-12-73-49-28(2)44(62)47(65)38(22-55)77-49;1-4(2)3/h27-39,43-50,54-57,61-66H,5-26H2,1-4H3,(H,67,68)(H,69,70);4H,1-3H3/t27?,28?,29?,30?,31-,32-,33-,34+,35+,36+,37+,38?,39?,43+,44+,45+,46-,47-,48-,49+,50+;/m0./s1. The maximum atomic E-state index is 13.9. The minimum Gasteiger partial charge on any atom is -0.396 e. The normalized spacial score (nSPS) is 37.3.